The maximum Gasteiger partial charge on any atom is 0.331 e. The van der Waals surface area contributed by atoms with Gasteiger partial charge < -0.3 is 14.6 Å². The van der Waals surface area contributed by atoms with Crippen LogP contribution in [0.5, 0.6) is 5.75 Å². The SMILES string of the molecule is CC(C)(C)[Si](C)(C)O[C@@H](Cc1ccccc1O)C(=O)O. The van der Waals surface area contributed by atoms with Crippen LogP contribution in [0.25, 0.3) is 0 Å². The molecule has 0 heterocycles. The van der Waals surface area contributed by atoms with Gasteiger partial charge in [-0.1, -0.05) is 39.0 Å². The minimum absolute atomic E-state index is 0.0561. The van der Waals surface area contributed by atoms with Crippen molar-refractivity contribution in [2.24, 2.45) is 0 Å². The summed E-state index contributed by atoms with van der Waals surface area (Å²) in [6.07, 6.45) is -0.752. The molecule has 1 aromatic carbocycles. The van der Waals surface area contributed by atoms with Crippen LogP contribution in [0, 0.1) is 0 Å². The fraction of sp³-hybridized carbons (Fsp3) is 0.533. The van der Waals surface area contributed by atoms with Gasteiger partial charge in [-0.05, 0) is 29.8 Å². The molecule has 0 unspecified atom stereocenters. The molecule has 112 valence electrons. The molecule has 1 rings (SSSR count). The third-order valence-corrected chi connectivity index (χ3v) is 8.40. The van der Waals surface area contributed by atoms with Gasteiger partial charge in [0.2, 0.25) is 0 Å². The normalized spacial score (nSPS) is 14.1. The molecule has 0 aromatic heterocycles. The van der Waals surface area contributed by atoms with E-state index >= 15 is 0 Å². The van der Waals surface area contributed by atoms with Crippen LogP contribution in [-0.2, 0) is 15.6 Å². The number of rotatable bonds is 5. The highest BCUT2D eigenvalue weighted by Gasteiger charge is 2.40. The summed E-state index contributed by atoms with van der Waals surface area (Å²) in [6.45, 7) is 10.2. The third-order valence-electron chi connectivity index (χ3n) is 3.92. The van der Waals surface area contributed by atoms with Gasteiger partial charge in [0.1, 0.15) is 11.9 Å². The lowest BCUT2D eigenvalue weighted by Crippen LogP contribution is -2.46. The highest BCUT2D eigenvalue weighted by Crippen LogP contribution is 2.37. The molecular weight excluding hydrogens is 272 g/mol. The fourth-order valence-electron chi connectivity index (χ4n) is 1.59. The summed E-state index contributed by atoms with van der Waals surface area (Å²) in [6, 6.07) is 6.77. The van der Waals surface area contributed by atoms with Crippen molar-refractivity contribution < 1.29 is 19.4 Å². The smallest absolute Gasteiger partial charge is 0.331 e. The Balaban J connectivity index is 2.92. The summed E-state index contributed by atoms with van der Waals surface area (Å²) in [5.41, 5.74) is 0.596. The first-order chi connectivity index (χ1) is 9.04. The number of benzene rings is 1. The summed E-state index contributed by atoms with van der Waals surface area (Å²) < 4.78 is 5.95. The molecule has 0 spiro atoms. The summed E-state index contributed by atoms with van der Waals surface area (Å²) >= 11 is 0. The van der Waals surface area contributed by atoms with Crippen LogP contribution in [0.4, 0.5) is 0 Å². The Morgan fingerprint density at radius 1 is 1.30 bits per heavy atom. The van der Waals surface area contributed by atoms with Gasteiger partial charge in [0.05, 0.1) is 0 Å². The van der Waals surface area contributed by atoms with Crippen molar-refractivity contribution in [3.63, 3.8) is 0 Å². The van der Waals surface area contributed by atoms with E-state index in [1.54, 1.807) is 24.3 Å². The van der Waals surface area contributed by atoms with Crippen molar-refractivity contribution in [3.05, 3.63) is 29.8 Å². The van der Waals surface area contributed by atoms with Gasteiger partial charge >= 0.3 is 5.97 Å². The first-order valence-corrected chi connectivity index (χ1v) is 9.63. The zero-order valence-electron chi connectivity index (χ0n) is 12.8. The topological polar surface area (TPSA) is 66.8 Å². The highest BCUT2D eigenvalue weighted by molar-refractivity contribution is 6.74. The molecule has 0 amide bonds. The quantitative estimate of drug-likeness (QED) is 0.817. The van der Waals surface area contributed by atoms with Gasteiger partial charge in [0.15, 0.2) is 8.32 Å². The van der Waals surface area contributed by atoms with E-state index < -0.39 is 20.4 Å². The van der Waals surface area contributed by atoms with E-state index in [-0.39, 0.29) is 17.2 Å². The molecule has 0 aliphatic heterocycles. The molecule has 4 nitrogen and oxygen atoms in total. The lowest BCUT2D eigenvalue weighted by molar-refractivity contribution is -0.145. The van der Waals surface area contributed by atoms with E-state index in [1.165, 1.54) is 0 Å². The van der Waals surface area contributed by atoms with Crippen molar-refractivity contribution >= 4 is 14.3 Å². The molecule has 2 N–H and O–H groups in total. The van der Waals surface area contributed by atoms with E-state index in [1.807, 2.05) is 13.1 Å². The van der Waals surface area contributed by atoms with Gasteiger partial charge in [-0.2, -0.15) is 0 Å². The molecule has 0 saturated carbocycles. The first-order valence-electron chi connectivity index (χ1n) is 6.72. The Bertz CT molecular complexity index is 477. The number of hydrogen-bond donors (Lipinski definition) is 2. The number of hydrogen-bond acceptors (Lipinski definition) is 3. The maximum absolute atomic E-state index is 11.4. The highest BCUT2D eigenvalue weighted by atomic mass is 28.4. The van der Waals surface area contributed by atoms with E-state index in [0.717, 1.165) is 0 Å². The zero-order chi connectivity index (χ0) is 15.6. The molecule has 0 aliphatic carbocycles. The molecule has 1 aromatic rings. The Morgan fingerprint density at radius 3 is 2.30 bits per heavy atom. The largest absolute Gasteiger partial charge is 0.508 e. The average Bonchev–Trinajstić information content (AvgIpc) is 2.29. The number of aromatic hydroxyl groups is 1. The number of carboxylic acids is 1. The minimum Gasteiger partial charge on any atom is -0.508 e. The number of para-hydroxylation sites is 1. The van der Waals surface area contributed by atoms with Crippen LogP contribution >= 0.6 is 0 Å². The lowest BCUT2D eigenvalue weighted by Gasteiger charge is -2.38. The number of phenolic OH excluding ortho intramolecular Hbond substituents is 1. The predicted octanol–water partition coefficient (Wildman–Crippen LogP) is 3.41. The number of carboxylic acid groups (broad SMARTS) is 1. The third kappa shape index (κ3) is 4.08. The minimum atomic E-state index is -2.16. The standard InChI is InChI=1S/C15H24O4Si/c1-15(2,3)20(4,5)19-13(14(17)18)10-11-8-6-7-9-12(11)16/h6-9,13,16H,10H2,1-5H3,(H,17,18)/t13-/m0/s1. The number of aliphatic carboxylic acids is 1. The van der Waals surface area contributed by atoms with Gasteiger partial charge in [-0.3, -0.25) is 0 Å². The molecule has 20 heavy (non-hydrogen) atoms. The van der Waals surface area contributed by atoms with E-state index in [9.17, 15) is 15.0 Å². The van der Waals surface area contributed by atoms with E-state index in [2.05, 4.69) is 20.8 Å². The molecule has 0 bridgehead atoms. The van der Waals surface area contributed by atoms with Gasteiger partial charge in [0, 0.05) is 6.42 Å². The maximum atomic E-state index is 11.4. The molecule has 0 saturated heterocycles. The second-order valence-corrected chi connectivity index (χ2v) is 11.3. The second-order valence-electron chi connectivity index (χ2n) is 6.54. The van der Waals surface area contributed by atoms with E-state index in [4.69, 9.17) is 4.43 Å². The van der Waals surface area contributed by atoms with Crippen LogP contribution in [0.2, 0.25) is 18.1 Å². The van der Waals surface area contributed by atoms with Gasteiger partial charge in [-0.15, -0.1) is 0 Å². The van der Waals surface area contributed by atoms with Crippen LogP contribution in [-0.4, -0.2) is 30.6 Å². The molecule has 0 radical (unpaired) electrons. The number of phenols is 1. The Hall–Kier alpha value is -1.33. The number of carbonyl (C=O) groups is 1. The Labute approximate surface area is 121 Å². The van der Waals surface area contributed by atoms with Gasteiger partial charge in [-0.25, -0.2) is 4.79 Å². The van der Waals surface area contributed by atoms with Crippen molar-refractivity contribution in [1.29, 1.82) is 0 Å². The van der Waals surface area contributed by atoms with Crippen molar-refractivity contribution in [1.82, 2.24) is 0 Å². The molecule has 1 atom stereocenters. The van der Waals surface area contributed by atoms with Crippen LogP contribution < -0.4 is 0 Å². The summed E-state index contributed by atoms with van der Waals surface area (Å²) in [7, 11) is -2.16. The molecule has 0 fully saturated rings. The first kappa shape index (κ1) is 16.7. The second kappa shape index (κ2) is 5.97. The van der Waals surface area contributed by atoms with Crippen LogP contribution in [0.1, 0.15) is 26.3 Å². The van der Waals surface area contributed by atoms with Crippen molar-refractivity contribution in [3.8, 4) is 5.75 Å². The van der Waals surface area contributed by atoms with E-state index in [0.29, 0.717) is 5.56 Å². The van der Waals surface area contributed by atoms with Crippen LogP contribution in [0.15, 0.2) is 24.3 Å². The monoisotopic (exact) mass is 296 g/mol. The molecular formula is C15H24O4Si. The lowest BCUT2D eigenvalue weighted by atomic mass is 10.1. The molecule has 0 aliphatic rings. The Kier molecular flexibility index (Phi) is 4.99. The average molecular weight is 296 g/mol. The summed E-state index contributed by atoms with van der Waals surface area (Å²) in [4.78, 5) is 11.4. The van der Waals surface area contributed by atoms with Gasteiger partial charge in [0.25, 0.3) is 0 Å². The summed E-state index contributed by atoms with van der Waals surface area (Å²) in [5.74, 6) is -0.879. The zero-order valence-corrected chi connectivity index (χ0v) is 13.8. The predicted molar refractivity (Wildman–Crippen MR) is 81.5 cm³/mol. The van der Waals surface area contributed by atoms with Crippen molar-refractivity contribution in [2.75, 3.05) is 0 Å². The van der Waals surface area contributed by atoms with Crippen molar-refractivity contribution in [2.45, 2.75) is 51.4 Å². The fourth-order valence-corrected chi connectivity index (χ4v) is 2.84. The Morgan fingerprint density at radius 2 is 1.85 bits per heavy atom. The van der Waals surface area contributed by atoms with Crippen LogP contribution in [0.3, 0.4) is 0 Å². The molecule has 5 heteroatoms. The summed E-state index contributed by atoms with van der Waals surface area (Å²) in [5, 5.41) is 19.1.